The van der Waals surface area contributed by atoms with Crippen LogP contribution in [0.1, 0.15) is 28.9 Å². The molecule has 1 aromatic rings. The zero-order valence-corrected chi connectivity index (χ0v) is 10.5. The number of hydrogen-bond acceptors (Lipinski definition) is 4. The standard InChI is InChI=1S/C13H18N2O3/c1-9-6-12(11(7-14-9)13(17)18)15-4-2-10(8-16)3-5-15/h6-7,10,16H,2-5,8H2,1H3,(H,17,18). The summed E-state index contributed by atoms with van der Waals surface area (Å²) >= 11 is 0. The maximum Gasteiger partial charge on any atom is 0.339 e. The Hall–Kier alpha value is -1.62. The minimum Gasteiger partial charge on any atom is -0.478 e. The molecule has 0 atom stereocenters. The zero-order valence-electron chi connectivity index (χ0n) is 10.5. The number of carbonyl (C=O) groups is 1. The van der Waals surface area contributed by atoms with Crippen LogP contribution in [0.4, 0.5) is 5.69 Å². The number of aromatic carboxylic acids is 1. The van der Waals surface area contributed by atoms with Crippen molar-refractivity contribution in [3.63, 3.8) is 0 Å². The number of carboxylic acids is 1. The van der Waals surface area contributed by atoms with Crippen LogP contribution in [0.25, 0.3) is 0 Å². The molecule has 5 nitrogen and oxygen atoms in total. The van der Waals surface area contributed by atoms with Gasteiger partial charge in [-0.05, 0) is 31.7 Å². The molecule has 2 N–H and O–H groups in total. The highest BCUT2D eigenvalue weighted by molar-refractivity contribution is 5.94. The molecule has 1 aromatic heterocycles. The van der Waals surface area contributed by atoms with E-state index in [9.17, 15) is 9.90 Å². The van der Waals surface area contributed by atoms with Gasteiger partial charge >= 0.3 is 5.97 Å². The Morgan fingerprint density at radius 1 is 1.50 bits per heavy atom. The first-order valence-corrected chi connectivity index (χ1v) is 6.17. The van der Waals surface area contributed by atoms with Gasteiger partial charge in [-0.3, -0.25) is 4.98 Å². The van der Waals surface area contributed by atoms with E-state index in [-0.39, 0.29) is 12.2 Å². The Kier molecular flexibility index (Phi) is 3.81. The topological polar surface area (TPSA) is 73.7 Å². The first kappa shape index (κ1) is 12.8. The van der Waals surface area contributed by atoms with Gasteiger partial charge in [0.25, 0.3) is 0 Å². The third-order valence-corrected chi connectivity index (χ3v) is 3.46. The van der Waals surface area contributed by atoms with Crippen LogP contribution in [-0.4, -0.2) is 40.9 Å². The van der Waals surface area contributed by atoms with Crippen molar-refractivity contribution in [1.29, 1.82) is 0 Å². The second-order valence-electron chi connectivity index (χ2n) is 4.76. The van der Waals surface area contributed by atoms with Crippen molar-refractivity contribution in [2.75, 3.05) is 24.6 Å². The molecule has 0 spiro atoms. The lowest BCUT2D eigenvalue weighted by molar-refractivity contribution is 0.0697. The van der Waals surface area contributed by atoms with Gasteiger partial charge < -0.3 is 15.1 Å². The molecule has 0 amide bonds. The number of aromatic nitrogens is 1. The van der Waals surface area contributed by atoms with Gasteiger partial charge in [0, 0.05) is 31.6 Å². The third-order valence-electron chi connectivity index (χ3n) is 3.46. The fourth-order valence-corrected chi connectivity index (χ4v) is 2.33. The summed E-state index contributed by atoms with van der Waals surface area (Å²) in [6.45, 7) is 3.65. The normalized spacial score (nSPS) is 16.9. The summed E-state index contributed by atoms with van der Waals surface area (Å²) in [6, 6.07) is 1.82. The smallest absolute Gasteiger partial charge is 0.339 e. The first-order valence-electron chi connectivity index (χ1n) is 6.17. The molecule has 1 fully saturated rings. The van der Waals surface area contributed by atoms with Crippen LogP contribution in [0.15, 0.2) is 12.3 Å². The van der Waals surface area contributed by atoms with Crippen LogP contribution in [0.2, 0.25) is 0 Å². The summed E-state index contributed by atoms with van der Waals surface area (Å²) in [5, 5.41) is 18.3. The number of pyridine rings is 1. The quantitative estimate of drug-likeness (QED) is 0.845. The number of aliphatic hydroxyl groups excluding tert-OH is 1. The summed E-state index contributed by atoms with van der Waals surface area (Å²) in [5.74, 6) is -0.598. The lowest BCUT2D eigenvalue weighted by atomic mass is 9.97. The van der Waals surface area contributed by atoms with Crippen LogP contribution < -0.4 is 4.90 Å². The lowest BCUT2D eigenvalue weighted by Gasteiger charge is -2.33. The molecule has 0 saturated carbocycles. The summed E-state index contributed by atoms with van der Waals surface area (Å²) in [4.78, 5) is 17.3. The van der Waals surface area contributed by atoms with E-state index in [0.717, 1.165) is 37.3 Å². The predicted octanol–water partition coefficient (Wildman–Crippen LogP) is 1.30. The molecular weight excluding hydrogens is 232 g/mol. The second kappa shape index (κ2) is 5.35. The van der Waals surface area contributed by atoms with E-state index in [2.05, 4.69) is 9.88 Å². The van der Waals surface area contributed by atoms with Crippen LogP contribution in [0, 0.1) is 12.8 Å². The van der Waals surface area contributed by atoms with Gasteiger partial charge in [-0.25, -0.2) is 4.79 Å². The van der Waals surface area contributed by atoms with Crippen molar-refractivity contribution in [3.05, 3.63) is 23.5 Å². The van der Waals surface area contributed by atoms with Gasteiger partial charge in [0.2, 0.25) is 0 Å². The van der Waals surface area contributed by atoms with E-state index in [1.807, 2.05) is 13.0 Å². The summed E-state index contributed by atoms with van der Waals surface area (Å²) < 4.78 is 0. The highest BCUT2D eigenvalue weighted by atomic mass is 16.4. The number of aryl methyl sites for hydroxylation is 1. The molecule has 0 unspecified atom stereocenters. The highest BCUT2D eigenvalue weighted by Crippen LogP contribution is 2.26. The lowest BCUT2D eigenvalue weighted by Crippen LogP contribution is -2.35. The molecule has 5 heteroatoms. The molecule has 98 valence electrons. The molecular formula is C13H18N2O3. The molecule has 0 radical (unpaired) electrons. The number of piperidine rings is 1. The number of nitrogens with zero attached hydrogens (tertiary/aromatic N) is 2. The van der Waals surface area contributed by atoms with Crippen LogP contribution >= 0.6 is 0 Å². The third kappa shape index (κ3) is 2.61. The number of aliphatic hydroxyl groups is 1. The maximum absolute atomic E-state index is 11.2. The zero-order chi connectivity index (χ0) is 13.1. The fraction of sp³-hybridized carbons (Fsp3) is 0.538. The number of rotatable bonds is 3. The largest absolute Gasteiger partial charge is 0.478 e. The van der Waals surface area contributed by atoms with Crippen molar-refractivity contribution < 1.29 is 15.0 Å². The van der Waals surface area contributed by atoms with E-state index in [4.69, 9.17) is 5.11 Å². The molecule has 1 aliphatic heterocycles. The van der Waals surface area contributed by atoms with Gasteiger partial charge in [0.15, 0.2) is 0 Å². The van der Waals surface area contributed by atoms with E-state index >= 15 is 0 Å². The van der Waals surface area contributed by atoms with E-state index in [1.54, 1.807) is 0 Å². The minimum absolute atomic E-state index is 0.217. The number of carboxylic acid groups (broad SMARTS) is 1. The fourth-order valence-electron chi connectivity index (χ4n) is 2.33. The van der Waals surface area contributed by atoms with Gasteiger partial charge in [-0.1, -0.05) is 0 Å². The van der Waals surface area contributed by atoms with Gasteiger partial charge in [-0.15, -0.1) is 0 Å². The Morgan fingerprint density at radius 2 is 2.17 bits per heavy atom. The Morgan fingerprint density at radius 3 is 2.72 bits per heavy atom. The Bertz CT molecular complexity index is 440. The van der Waals surface area contributed by atoms with E-state index in [0.29, 0.717) is 5.92 Å². The minimum atomic E-state index is -0.943. The Labute approximate surface area is 106 Å². The van der Waals surface area contributed by atoms with E-state index < -0.39 is 5.97 Å². The van der Waals surface area contributed by atoms with Crippen molar-refractivity contribution in [2.24, 2.45) is 5.92 Å². The molecule has 0 aliphatic carbocycles. The van der Waals surface area contributed by atoms with E-state index in [1.165, 1.54) is 6.20 Å². The van der Waals surface area contributed by atoms with Crippen LogP contribution in [0.3, 0.4) is 0 Å². The molecule has 1 aliphatic rings. The average Bonchev–Trinajstić information content (AvgIpc) is 2.38. The Balaban J connectivity index is 2.22. The molecule has 2 rings (SSSR count). The SMILES string of the molecule is Cc1cc(N2CCC(CO)CC2)c(C(=O)O)cn1. The molecule has 0 aromatic carbocycles. The molecule has 1 saturated heterocycles. The maximum atomic E-state index is 11.2. The first-order chi connectivity index (χ1) is 8.61. The highest BCUT2D eigenvalue weighted by Gasteiger charge is 2.22. The second-order valence-corrected chi connectivity index (χ2v) is 4.76. The van der Waals surface area contributed by atoms with Gasteiger partial charge in [0.1, 0.15) is 5.56 Å². The van der Waals surface area contributed by atoms with Crippen molar-refractivity contribution in [2.45, 2.75) is 19.8 Å². The van der Waals surface area contributed by atoms with Gasteiger partial charge in [0.05, 0.1) is 5.69 Å². The molecule has 0 bridgehead atoms. The summed E-state index contributed by atoms with van der Waals surface area (Å²) in [7, 11) is 0. The number of anilines is 1. The van der Waals surface area contributed by atoms with Crippen molar-refractivity contribution in [1.82, 2.24) is 4.98 Å². The van der Waals surface area contributed by atoms with Crippen molar-refractivity contribution >= 4 is 11.7 Å². The number of hydrogen-bond donors (Lipinski definition) is 2. The monoisotopic (exact) mass is 250 g/mol. The van der Waals surface area contributed by atoms with Crippen molar-refractivity contribution in [3.8, 4) is 0 Å². The predicted molar refractivity (Wildman–Crippen MR) is 68.0 cm³/mol. The van der Waals surface area contributed by atoms with Crippen LogP contribution in [-0.2, 0) is 0 Å². The van der Waals surface area contributed by atoms with Gasteiger partial charge in [-0.2, -0.15) is 0 Å². The molecule has 2 heterocycles. The van der Waals surface area contributed by atoms with Crippen LogP contribution in [0.5, 0.6) is 0 Å². The average molecular weight is 250 g/mol. The summed E-state index contributed by atoms with van der Waals surface area (Å²) in [6.07, 6.45) is 3.22. The summed E-state index contributed by atoms with van der Waals surface area (Å²) in [5.41, 5.74) is 1.81. The molecule has 18 heavy (non-hydrogen) atoms.